The highest BCUT2D eigenvalue weighted by Gasteiger charge is 2.09. The Bertz CT molecular complexity index is 563. The molecule has 0 aliphatic heterocycles. The van der Waals surface area contributed by atoms with Crippen LogP contribution < -0.4 is 5.73 Å². The first-order valence-corrected chi connectivity index (χ1v) is 6.64. The van der Waals surface area contributed by atoms with Crippen LogP contribution in [0.5, 0.6) is 0 Å². The van der Waals surface area contributed by atoms with Crippen LogP contribution in [0.2, 0.25) is 0 Å². The summed E-state index contributed by atoms with van der Waals surface area (Å²) in [6, 6.07) is 13.4. The smallest absolute Gasteiger partial charge is 0.126 e. The Morgan fingerprint density at radius 2 is 1.79 bits per heavy atom. The third kappa shape index (κ3) is 3.42. The molecular weight excluding hydrogens is 237 g/mol. The molecule has 2 aromatic rings. The third-order valence-corrected chi connectivity index (χ3v) is 3.60. The van der Waals surface area contributed by atoms with Crippen molar-refractivity contribution < 1.29 is 4.39 Å². The predicted octanol–water partition coefficient (Wildman–Crippen LogP) is 4.08. The number of hydrogen-bond donors (Lipinski definition) is 1. The lowest BCUT2D eigenvalue weighted by atomic mass is 9.96. The molecule has 100 valence electrons. The topological polar surface area (TPSA) is 26.0 Å². The van der Waals surface area contributed by atoms with E-state index >= 15 is 0 Å². The van der Waals surface area contributed by atoms with E-state index in [2.05, 4.69) is 25.1 Å². The van der Waals surface area contributed by atoms with E-state index in [-0.39, 0.29) is 11.9 Å². The molecule has 2 rings (SSSR count). The van der Waals surface area contributed by atoms with Crippen LogP contribution in [0.1, 0.15) is 34.7 Å². The van der Waals surface area contributed by atoms with E-state index in [9.17, 15) is 4.39 Å². The second kappa shape index (κ2) is 5.98. The summed E-state index contributed by atoms with van der Waals surface area (Å²) in [5.74, 6) is -0.171. The van der Waals surface area contributed by atoms with Crippen LogP contribution in [-0.2, 0) is 6.42 Å². The second-order valence-corrected chi connectivity index (χ2v) is 5.08. The minimum absolute atomic E-state index is 0.0427. The van der Waals surface area contributed by atoms with Crippen molar-refractivity contribution in [1.82, 2.24) is 0 Å². The molecule has 0 heterocycles. The van der Waals surface area contributed by atoms with Crippen LogP contribution >= 0.6 is 0 Å². The number of aryl methyl sites for hydroxylation is 3. The fraction of sp³-hybridized carbons (Fsp3) is 0.294. The zero-order valence-corrected chi connectivity index (χ0v) is 11.5. The Kier molecular flexibility index (Phi) is 4.33. The number of benzene rings is 2. The van der Waals surface area contributed by atoms with Gasteiger partial charge >= 0.3 is 0 Å². The van der Waals surface area contributed by atoms with E-state index in [1.54, 1.807) is 13.0 Å². The molecule has 0 bridgehead atoms. The summed E-state index contributed by atoms with van der Waals surface area (Å²) in [7, 11) is 0. The summed E-state index contributed by atoms with van der Waals surface area (Å²) < 4.78 is 13.2. The maximum Gasteiger partial charge on any atom is 0.126 e. The molecule has 0 amide bonds. The van der Waals surface area contributed by atoms with Gasteiger partial charge in [0.2, 0.25) is 0 Å². The van der Waals surface area contributed by atoms with E-state index in [0.717, 1.165) is 18.4 Å². The lowest BCUT2D eigenvalue weighted by molar-refractivity contribution is 0.610. The Hall–Kier alpha value is -1.67. The van der Waals surface area contributed by atoms with Crippen LogP contribution in [0.15, 0.2) is 42.5 Å². The zero-order chi connectivity index (χ0) is 13.8. The van der Waals surface area contributed by atoms with Crippen molar-refractivity contribution in [3.05, 3.63) is 70.5 Å². The SMILES string of the molecule is Cc1cc(C(N)CCc2ccccc2C)ccc1F. The molecule has 0 radical (unpaired) electrons. The first kappa shape index (κ1) is 13.8. The minimum atomic E-state index is -0.171. The van der Waals surface area contributed by atoms with Crippen LogP contribution in [0.4, 0.5) is 4.39 Å². The molecule has 0 spiro atoms. The number of rotatable bonds is 4. The van der Waals surface area contributed by atoms with Gasteiger partial charge in [-0.25, -0.2) is 4.39 Å². The molecule has 0 aliphatic carbocycles. The van der Waals surface area contributed by atoms with E-state index in [1.807, 2.05) is 12.1 Å². The van der Waals surface area contributed by atoms with Gasteiger partial charge in [-0.3, -0.25) is 0 Å². The maximum absolute atomic E-state index is 13.2. The molecule has 19 heavy (non-hydrogen) atoms. The summed E-state index contributed by atoms with van der Waals surface area (Å²) in [5, 5.41) is 0. The molecule has 0 fully saturated rings. The Morgan fingerprint density at radius 3 is 2.47 bits per heavy atom. The molecule has 2 heteroatoms. The largest absolute Gasteiger partial charge is 0.324 e. The van der Waals surface area contributed by atoms with Crippen molar-refractivity contribution in [1.29, 1.82) is 0 Å². The van der Waals surface area contributed by atoms with Gasteiger partial charge in [-0.1, -0.05) is 36.4 Å². The maximum atomic E-state index is 13.2. The van der Waals surface area contributed by atoms with Gasteiger partial charge < -0.3 is 5.73 Å². The van der Waals surface area contributed by atoms with E-state index in [0.29, 0.717) is 5.56 Å². The summed E-state index contributed by atoms with van der Waals surface area (Å²) in [5.41, 5.74) is 10.5. The monoisotopic (exact) mass is 257 g/mol. The normalized spacial score (nSPS) is 12.4. The summed E-state index contributed by atoms with van der Waals surface area (Å²) in [4.78, 5) is 0. The van der Waals surface area contributed by atoms with Crippen molar-refractivity contribution in [3.8, 4) is 0 Å². The van der Waals surface area contributed by atoms with Gasteiger partial charge in [0, 0.05) is 6.04 Å². The van der Waals surface area contributed by atoms with Gasteiger partial charge in [-0.2, -0.15) is 0 Å². The number of nitrogens with two attached hydrogens (primary N) is 1. The minimum Gasteiger partial charge on any atom is -0.324 e. The molecule has 0 saturated heterocycles. The van der Waals surface area contributed by atoms with Crippen molar-refractivity contribution >= 4 is 0 Å². The summed E-state index contributed by atoms with van der Waals surface area (Å²) in [6.07, 6.45) is 1.82. The van der Waals surface area contributed by atoms with Gasteiger partial charge in [-0.15, -0.1) is 0 Å². The van der Waals surface area contributed by atoms with Gasteiger partial charge in [0.1, 0.15) is 5.82 Å². The summed E-state index contributed by atoms with van der Waals surface area (Å²) in [6.45, 7) is 3.88. The number of hydrogen-bond acceptors (Lipinski definition) is 1. The number of halogens is 1. The lowest BCUT2D eigenvalue weighted by Gasteiger charge is -2.14. The molecule has 2 aromatic carbocycles. The highest BCUT2D eigenvalue weighted by atomic mass is 19.1. The Morgan fingerprint density at radius 1 is 1.05 bits per heavy atom. The highest BCUT2D eigenvalue weighted by Crippen LogP contribution is 2.20. The first-order valence-electron chi connectivity index (χ1n) is 6.64. The quantitative estimate of drug-likeness (QED) is 0.877. The van der Waals surface area contributed by atoms with E-state index in [4.69, 9.17) is 5.73 Å². The van der Waals surface area contributed by atoms with Gasteiger partial charge in [0.15, 0.2) is 0 Å². The molecule has 0 aliphatic rings. The molecule has 1 unspecified atom stereocenters. The standard InChI is InChI=1S/C17H20FN/c1-12-5-3-4-6-14(12)8-10-17(19)15-7-9-16(18)13(2)11-15/h3-7,9,11,17H,8,10,19H2,1-2H3. The molecule has 0 saturated carbocycles. The van der Waals surface area contributed by atoms with Gasteiger partial charge in [-0.05, 0) is 55.0 Å². The average Bonchev–Trinajstić information content (AvgIpc) is 2.40. The molecule has 1 nitrogen and oxygen atoms in total. The van der Waals surface area contributed by atoms with Gasteiger partial charge in [0.25, 0.3) is 0 Å². The van der Waals surface area contributed by atoms with Crippen molar-refractivity contribution in [2.24, 2.45) is 5.73 Å². The average molecular weight is 257 g/mol. The van der Waals surface area contributed by atoms with E-state index < -0.39 is 0 Å². The Balaban J connectivity index is 2.03. The fourth-order valence-corrected chi connectivity index (χ4v) is 2.27. The second-order valence-electron chi connectivity index (χ2n) is 5.08. The van der Waals surface area contributed by atoms with Crippen LogP contribution in [0.25, 0.3) is 0 Å². The van der Waals surface area contributed by atoms with Gasteiger partial charge in [0.05, 0.1) is 0 Å². The molecule has 2 N–H and O–H groups in total. The van der Waals surface area contributed by atoms with Crippen LogP contribution in [-0.4, -0.2) is 0 Å². The molecular formula is C17H20FN. The zero-order valence-electron chi connectivity index (χ0n) is 11.5. The van der Waals surface area contributed by atoms with E-state index in [1.165, 1.54) is 17.2 Å². The van der Waals surface area contributed by atoms with Crippen molar-refractivity contribution in [2.45, 2.75) is 32.7 Å². The van der Waals surface area contributed by atoms with Crippen molar-refractivity contribution in [2.75, 3.05) is 0 Å². The highest BCUT2D eigenvalue weighted by molar-refractivity contribution is 5.28. The molecule has 1 atom stereocenters. The predicted molar refractivity (Wildman–Crippen MR) is 77.6 cm³/mol. The summed E-state index contributed by atoms with van der Waals surface area (Å²) >= 11 is 0. The first-order chi connectivity index (χ1) is 9.08. The van der Waals surface area contributed by atoms with Crippen molar-refractivity contribution in [3.63, 3.8) is 0 Å². The molecule has 0 aromatic heterocycles. The lowest BCUT2D eigenvalue weighted by Crippen LogP contribution is -2.12. The third-order valence-electron chi connectivity index (χ3n) is 3.60. The fourth-order valence-electron chi connectivity index (χ4n) is 2.27. The Labute approximate surface area is 114 Å². The van der Waals surface area contributed by atoms with Crippen LogP contribution in [0, 0.1) is 19.7 Å². The van der Waals surface area contributed by atoms with Crippen LogP contribution in [0.3, 0.4) is 0 Å².